The Labute approximate surface area is 140 Å². The van der Waals surface area contributed by atoms with Crippen LogP contribution in [0.2, 0.25) is 0 Å². The van der Waals surface area contributed by atoms with Crippen LogP contribution in [0.4, 0.5) is 0 Å². The maximum Gasteiger partial charge on any atom is 0.260 e. The van der Waals surface area contributed by atoms with Crippen molar-refractivity contribution in [2.75, 3.05) is 0 Å². The van der Waals surface area contributed by atoms with Gasteiger partial charge in [-0.1, -0.05) is 38.2 Å². The molecule has 1 aromatic rings. The van der Waals surface area contributed by atoms with Gasteiger partial charge >= 0.3 is 0 Å². The Balaban J connectivity index is 1.94. The maximum atomic E-state index is 12.5. The van der Waals surface area contributed by atoms with Crippen LogP contribution in [0.15, 0.2) is 12.1 Å². The monoisotopic (exact) mass is 317 g/mol. The number of carbonyl (C=O) groups is 1. The highest BCUT2D eigenvalue weighted by Gasteiger charge is 2.20. The molecule has 3 nitrogen and oxygen atoms in total. The topological polar surface area (TPSA) is 38.3 Å². The van der Waals surface area contributed by atoms with Crippen molar-refractivity contribution in [1.29, 1.82) is 0 Å². The molecule has 0 bridgehead atoms. The molecule has 1 amide bonds. The summed E-state index contributed by atoms with van der Waals surface area (Å²) < 4.78 is 5.95. The summed E-state index contributed by atoms with van der Waals surface area (Å²) in [7, 11) is 0. The van der Waals surface area contributed by atoms with Crippen molar-refractivity contribution in [2.24, 2.45) is 0 Å². The fourth-order valence-electron chi connectivity index (χ4n) is 3.29. The number of hydrogen-bond acceptors (Lipinski definition) is 2. The zero-order valence-electron chi connectivity index (χ0n) is 15.1. The van der Waals surface area contributed by atoms with E-state index in [0.29, 0.717) is 6.04 Å². The summed E-state index contributed by atoms with van der Waals surface area (Å²) >= 11 is 0. The van der Waals surface area contributed by atoms with E-state index in [0.717, 1.165) is 29.7 Å². The molecule has 2 rings (SSSR count). The fourth-order valence-corrected chi connectivity index (χ4v) is 3.29. The van der Waals surface area contributed by atoms with E-state index in [1.165, 1.54) is 37.7 Å². The first-order valence-corrected chi connectivity index (χ1v) is 9.02. The summed E-state index contributed by atoms with van der Waals surface area (Å²) in [4.78, 5) is 12.5. The quantitative estimate of drug-likeness (QED) is 0.880. The molecule has 1 atom stereocenters. The number of amides is 1. The second-order valence-corrected chi connectivity index (χ2v) is 7.02. The van der Waals surface area contributed by atoms with E-state index in [4.69, 9.17) is 4.74 Å². The average Bonchev–Trinajstić information content (AvgIpc) is 2.46. The Kier molecular flexibility index (Phi) is 6.49. The van der Waals surface area contributed by atoms with Gasteiger partial charge in [-0.3, -0.25) is 4.79 Å². The van der Waals surface area contributed by atoms with E-state index < -0.39 is 6.10 Å². The van der Waals surface area contributed by atoms with Crippen LogP contribution in [0.1, 0.15) is 68.6 Å². The van der Waals surface area contributed by atoms with Gasteiger partial charge in [-0.2, -0.15) is 0 Å². The number of hydrogen-bond donors (Lipinski definition) is 1. The summed E-state index contributed by atoms with van der Waals surface area (Å²) in [6.45, 7) is 8.02. The van der Waals surface area contributed by atoms with Gasteiger partial charge in [-0.25, -0.2) is 0 Å². The third-order valence-corrected chi connectivity index (χ3v) is 4.89. The summed E-state index contributed by atoms with van der Waals surface area (Å²) in [5, 5.41) is 3.19. The lowest BCUT2D eigenvalue weighted by atomic mass is 9.96. The van der Waals surface area contributed by atoms with Crippen LogP contribution >= 0.6 is 0 Å². The molecular formula is C20H31NO2. The molecule has 0 aromatic heterocycles. The molecule has 0 spiro atoms. The van der Waals surface area contributed by atoms with E-state index in [2.05, 4.69) is 25.2 Å². The normalized spacial score (nSPS) is 17.9. The van der Waals surface area contributed by atoms with E-state index in [-0.39, 0.29) is 5.91 Å². The predicted octanol–water partition coefficient (Wildman–Crippen LogP) is 4.61. The van der Waals surface area contributed by atoms with Crippen molar-refractivity contribution in [3.05, 3.63) is 28.8 Å². The van der Waals surface area contributed by atoms with Crippen LogP contribution in [-0.2, 0) is 4.79 Å². The average molecular weight is 317 g/mol. The van der Waals surface area contributed by atoms with E-state index in [1.54, 1.807) is 0 Å². The number of carbonyl (C=O) groups excluding carboxylic acids is 1. The molecular weight excluding hydrogens is 286 g/mol. The van der Waals surface area contributed by atoms with Gasteiger partial charge in [0.1, 0.15) is 5.75 Å². The van der Waals surface area contributed by atoms with Gasteiger partial charge in [0.15, 0.2) is 6.10 Å². The van der Waals surface area contributed by atoms with Gasteiger partial charge in [-0.05, 0) is 63.3 Å². The first-order chi connectivity index (χ1) is 11.0. The van der Waals surface area contributed by atoms with Crippen molar-refractivity contribution in [1.82, 2.24) is 5.32 Å². The summed E-state index contributed by atoms with van der Waals surface area (Å²) in [6, 6.07) is 4.47. The Morgan fingerprint density at radius 2 is 1.70 bits per heavy atom. The van der Waals surface area contributed by atoms with Crippen molar-refractivity contribution < 1.29 is 9.53 Å². The summed E-state index contributed by atoms with van der Waals surface area (Å²) in [6.07, 6.45) is 8.10. The standard InChI is InChI=1S/C20H31NO2/c1-14-12-15(2)16(3)19(13-14)23-17(4)20(22)21-18-10-8-6-5-7-9-11-18/h12-13,17-18H,5-11H2,1-4H3,(H,21,22)/t17-/m0/s1. The first-order valence-electron chi connectivity index (χ1n) is 9.02. The molecule has 1 N–H and O–H groups in total. The Bertz CT molecular complexity index is 531. The largest absolute Gasteiger partial charge is 0.481 e. The van der Waals surface area contributed by atoms with Gasteiger partial charge < -0.3 is 10.1 Å². The van der Waals surface area contributed by atoms with Crippen LogP contribution in [0.25, 0.3) is 0 Å². The van der Waals surface area contributed by atoms with E-state index in [1.807, 2.05) is 19.9 Å². The lowest BCUT2D eigenvalue weighted by Gasteiger charge is -2.24. The summed E-state index contributed by atoms with van der Waals surface area (Å²) in [5.41, 5.74) is 3.48. The molecule has 1 aliphatic rings. The Morgan fingerprint density at radius 1 is 1.09 bits per heavy atom. The van der Waals surface area contributed by atoms with Gasteiger partial charge in [0.25, 0.3) is 5.91 Å². The minimum atomic E-state index is -0.458. The number of aryl methyl sites for hydroxylation is 2. The third-order valence-electron chi connectivity index (χ3n) is 4.89. The molecule has 0 radical (unpaired) electrons. The number of ether oxygens (including phenoxy) is 1. The van der Waals surface area contributed by atoms with Crippen molar-refractivity contribution >= 4 is 5.91 Å². The number of benzene rings is 1. The van der Waals surface area contributed by atoms with Crippen LogP contribution in [0.5, 0.6) is 5.75 Å². The smallest absolute Gasteiger partial charge is 0.260 e. The molecule has 1 fully saturated rings. The Hall–Kier alpha value is -1.51. The number of rotatable bonds is 4. The molecule has 128 valence electrons. The second kappa shape index (κ2) is 8.37. The molecule has 3 heteroatoms. The van der Waals surface area contributed by atoms with E-state index in [9.17, 15) is 4.79 Å². The SMILES string of the molecule is Cc1cc(C)c(C)c(O[C@@H](C)C(=O)NC2CCCCCCC2)c1. The van der Waals surface area contributed by atoms with Crippen molar-refractivity contribution in [2.45, 2.75) is 84.8 Å². The zero-order chi connectivity index (χ0) is 16.8. The molecule has 0 aliphatic heterocycles. The first kappa shape index (κ1) is 17.8. The molecule has 0 heterocycles. The highest BCUT2D eigenvalue weighted by atomic mass is 16.5. The predicted molar refractivity (Wildman–Crippen MR) is 95.0 cm³/mol. The van der Waals surface area contributed by atoms with Crippen molar-refractivity contribution in [3.63, 3.8) is 0 Å². The fraction of sp³-hybridized carbons (Fsp3) is 0.650. The van der Waals surface area contributed by atoms with Crippen LogP contribution < -0.4 is 10.1 Å². The van der Waals surface area contributed by atoms with Gasteiger partial charge in [0.2, 0.25) is 0 Å². The van der Waals surface area contributed by atoms with E-state index >= 15 is 0 Å². The zero-order valence-corrected chi connectivity index (χ0v) is 15.1. The van der Waals surface area contributed by atoms with Crippen LogP contribution in [0, 0.1) is 20.8 Å². The highest BCUT2D eigenvalue weighted by molar-refractivity contribution is 5.81. The molecule has 0 saturated heterocycles. The Morgan fingerprint density at radius 3 is 2.35 bits per heavy atom. The minimum absolute atomic E-state index is 0.00846. The van der Waals surface area contributed by atoms with Gasteiger partial charge in [0.05, 0.1) is 0 Å². The third kappa shape index (κ3) is 5.26. The minimum Gasteiger partial charge on any atom is -0.481 e. The second-order valence-electron chi connectivity index (χ2n) is 7.02. The molecule has 0 unspecified atom stereocenters. The maximum absolute atomic E-state index is 12.5. The van der Waals surface area contributed by atoms with Gasteiger partial charge in [-0.15, -0.1) is 0 Å². The number of nitrogens with one attached hydrogen (secondary N) is 1. The van der Waals surface area contributed by atoms with Crippen LogP contribution in [-0.4, -0.2) is 18.1 Å². The molecule has 1 saturated carbocycles. The lowest BCUT2D eigenvalue weighted by molar-refractivity contribution is -0.128. The lowest BCUT2D eigenvalue weighted by Crippen LogP contribution is -2.42. The van der Waals surface area contributed by atoms with Gasteiger partial charge in [0, 0.05) is 6.04 Å². The molecule has 23 heavy (non-hydrogen) atoms. The summed E-state index contributed by atoms with van der Waals surface area (Å²) in [5.74, 6) is 0.831. The highest BCUT2D eigenvalue weighted by Crippen LogP contribution is 2.24. The molecule has 1 aliphatic carbocycles. The van der Waals surface area contributed by atoms with Crippen molar-refractivity contribution in [3.8, 4) is 5.75 Å². The molecule has 1 aromatic carbocycles. The van der Waals surface area contributed by atoms with Crippen LogP contribution in [0.3, 0.4) is 0 Å².